The predicted octanol–water partition coefficient (Wildman–Crippen LogP) is 1.92. The van der Waals surface area contributed by atoms with Gasteiger partial charge < -0.3 is 10.6 Å². The summed E-state index contributed by atoms with van der Waals surface area (Å²) in [4.78, 5) is 4.47. The van der Waals surface area contributed by atoms with E-state index in [4.69, 9.17) is 0 Å². The third kappa shape index (κ3) is 1.90. The number of hydrogen-bond donors (Lipinski definition) is 2. The minimum Gasteiger partial charge on any atom is -0.352 e. The molecular weight excluding hydrogens is 210 g/mol. The molecule has 1 aromatic rings. The monoisotopic (exact) mass is 229 g/mol. The summed E-state index contributed by atoms with van der Waals surface area (Å²) < 4.78 is 0. The summed E-state index contributed by atoms with van der Waals surface area (Å²) >= 11 is 0. The molecule has 2 unspecified atom stereocenters. The summed E-state index contributed by atoms with van der Waals surface area (Å²) in [5, 5.41) is 6.90. The van der Waals surface area contributed by atoms with Crippen LogP contribution in [0.1, 0.15) is 36.1 Å². The van der Waals surface area contributed by atoms with Crippen LogP contribution in [0.3, 0.4) is 0 Å². The van der Waals surface area contributed by atoms with Gasteiger partial charge in [0.25, 0.3) is 0 Å². The van der Waals surface area contributed by atoms with Crippen molar-refractivity contribution < 1.29 is 0 Å². The second-order valence-electron chi connectivity index (χ2n) is 5.11. The molecule has 3 heteroatoms. The van der Waals surface area contributed by atoms with E-state index in [1.54, 1.807) is 0 Å². The normalized spacial score (nSPS) is 26.4. The van der Waals surface area contributed by atoms with E-state index in [0.29, 0.717) is 12.1 Å². The van der Waals surface area contributed by atoms with E-state index in [0.717, 1.165) is 12.5 Å². The summed E-state index contributed by atoms with van der Waals surface area (Å²) in [6, 6.07) is 7.50. The molecule has 1 heterocycles. The van der Waals surface area contributed by atoms with Crippen LogP contribution in [0.2, 0.25) is 0 Å². The average Bonchev–Trinajstić information content (AvgIpc) is 2.88. The lowest BCUT2D eigenvalue weighted by atomic mass is 10.0. The second kappa shape index (κ2) is 4.06. The van der Waals surface area contributed by atoms with E-state index in [-0.39, 0.29) is 0 Å². The van der Waals surface area contributed by atoms with Crippen LogP contribution in [0, 0.1) is 6.92 Å². The summed E-state index contributed by atoms with van der Waals surface area (Å²) in [5.74, 6) is 0.969. The van der Waals surface area contributed by atoms with Crippen LogP contribution in [0.25, 0.3) is 0 Å². The van der Waals surface area contributed by atoms with Crippen LogP contribution in [0.4, 0.5) is 0 Å². The molecule has 0 fully saturated rings. The molecule has 0 amide bonds. The molecule has 0 saturated heterocycles. The Labute approximate surface area is 102 Å². The fourth-order valence-electron chi connectivity index (χ4n) is 2.79. The Morgan fingerprint density at radius 3 is 3.06 bits per heavy atom. The lowest BCUT2D eigenvalue weighted by molar-refractivity contribution is 0.622. The predicted molar refractivity (Wildman–Crippen MR) is 70.3 cm³/mol. The van der Waals surface area contributed by atoms with Crippen molar-refractivity contribution in [2.75, 3.05) is 6.54 Å². The van der Waals surface area contributed by atoms with Gasteiger partial charge in [0.2, 0.25) is 0 Å². The molecule has 0 saturated carbocycles. The summed E-state index contributed by atoms with van der Waals surface area (Å²) in [6.45, 7) is 5.25. The minimum absolute atomic E-state index is 0.432. The number of aryl methyl sites for hydroxylation is 1. The van der Waals surface area contributed by atoms with Crippen LogP contribution in [-0.4, -0.2) is 18.5 Å². The zero-order valence-electron chi connectivity index (χ0n) is 10.5. The van der Waals surface area contributed by atoms with Gasteiger partial charge in [0.05, 0.1) is 12.6 Å². The molecule has 3 nitrogen and oxygen atoms in total. The smallest absolute Gasteiger partial charge is 0.192 e. The van der Waals surface area contributed by atoms with Crippen LogP contribution in [0.15, 0.2) is 23.2 Å². The molecular formula is C14H19N3. The number of hydrogen-bond acceptors (Lipinski definition) is 3. The van der Waals surface area contributed by atoms with Gasteiger partial charge in [-0.1, -0.05) is 18.2 Å². The Morgan fingerprint density at radius 1 is 1.41 bits per heavy atom. The van der Waals surface area contributed by atoms with Gasteiger partial charge in [-0.25, -0.2) is 0 Å². The third-order valence-electron chi connectivity index (χ3n) is 3.72. The molecule has 2 N–H and O–H groups in total. The van der Waals surface area contributed by atoms with E-state index in [1.165, 1.54) is 29.5 Å². The first-order valence-electron chi connectivity index (χ1n) is 6.40. The van der Waals surface area contributed by atoms with Crippen LogP contribution in [-0.2, 0) is 6.42 Å². The third-order valence-corrected chi connectivity index (χ3v) is 3.72. The maximum atomic E-state index is 4.47. The van der Waals surface area contributed by atoms with Gasteiger partial charge in [-0.15, -0.1) is 0 Å². The van der Waals surface area contributed by atoms with Crippen molar-refractivity contribution in [3.8, 4) is 0 Å². The molecule has 0 bridgehead atoms. The first kappa shape index (κ1) is 10.6. The average molecular weight is 229 g/mol. The number of fused-ring (bicyclic) bond motifs is 1. The van der Waals surface area contributed by atoms with Crippen molar-refractivity contribution in [2.24, 2.45) is 4.99 Å². The zero-order valence-corrected chi connectivity index (χ0v) is 10.5. The van der Waals surface area contributed by atoms with Gasteiger partial charge in [0, 0.05) is 6.04 Å². The van der Waals surface area contributed by atoms with E-state index in [1.807, 2.05) is 0 Å². The molecule has 1 aliphatic carbocycles. The Morgan fingerprint density at radius 2 is 2.29 bits per heavy atom. The minimum atomic E-state index is 0.432. The quantitative estimate of drug-likeness (QED) is 0.772. The van der Waals surface area contributed by atoms with Crippen LogP contribution >= 0.6 is 0 Å². The molecule has 2 atom stereocenters. The van der Waals surface area contributed by atoms with E-state index in [9.17, 15) is 0 Å². The maximum Gasteiger partial charge on any atom is 0.192 e. The Bertz CT molecular complexity index is 465. The van der Waals surface area contributed by atoms with Crippen LogP contribution < -0.4 is 10.6 Å². The molecule has 17 heavy (non-hydrogen) atoms. The number of nitrogens with one attached hydrogen (secondary N) is 2. The highest BCUT2D eigenvalue weighted by Crippen LogP contribution is 2.32. The van der Waals surface area contributed by atoms with Crippen LogP contribution in [0.5, 0.6) is 0 Å². The zero-order chi connectivity index (χ0) is 11.8. The molecule has 0 aromatic heterocycles. The number of nitrogens with zero attached hydrogens (tertiary/aromatic N) is 1. The molecule has 90 valence electrons. The van der Waals surface area contributed by atoms with Gasteiger partial charge in [0.15, 0.2) is 5.96 Å². The van der Waals surface area contributed by atoms with Gasteiger partial charge in [0.1, 0.15) is 0 Å². The first-order valence-corrected chi connectivity index (χ1v) is 6.40. The highest BCUT2D eigenvalue weighted by Gasteiger charge is 2.25. The van der Waals surface area contributed by atoms with Crippen molar-refractivity contribution in [3.05, 3.63) is 34.9 Å². The van der Waals surface area contributed by atoms with Crippen molar-refractivity contribution >= 4 is 5.96 Å². The highest BCUT2D eigenvalue weighted by molar-refractivity contribution is 5.82. The van der Waals surface area contributed by atoms with Crippen molar-refractivity contribution in [1.29, 1.82) is 0 Å². The first-order chi connectivity index (χ1) is 8.24. The van der Waals surface area contributed by atoms with Crippen molar-refractivity contribution in [2.45, 2.75) is 38.8 Å². The van der Waals surface area contributed by atoms with Gasteiger partial charge in [-0.05, 0) is 43.4 Å². The van der Waals surface area contributed by atoms with E-state index >= 15 is 0 Å². The lowest BCUT2D eigenvalue weighted by Gasteiger charge is -2.16. The fourth-order valence-corrected chi connectivity index (χ4v) is 2.79. The molecule has 1 aliphatic heterocycles. The Balaban J connectivity index is 1.78. The molecule has 3 rings (SSSR count). The van der Waals surface area contributed by atoms with Gasteiger partial charge in [-0.2, -0.15) is 0 Å². The number of benzene rings is 1. The van der Waals surface area contributed by atoms with Gasteiger partial charge >= 0.3 is 0 Å². The molecule has 0 spiro atoms. The Hall–Kier alpha value is -1.51. The lowest BCUT2D eigenvalue weighted by Crippen LogP contribution is -2.39. The summed E-state index contributed by atoms with van der Waals surface area (Å²) in [7, 11) is 0. The van der Waals surface area contributed by atoms with E-state index < -0.39 is 0 Å². The van der Waals surface area contributed by atoms with Crippen molar-refractivity contribution in [1.82, 2.24) is 10.6 Å². The Kier molecular flexibility index (Phi) is 2.54. The number of rotatable bonds is 1. The number of guanidine groups is 1. The number of aliphatic imine (C=N–C) groups is 1. The standard InChI is InChI=1S/C14H19N3/c1-9-4-3-5-12-11(9)6-7-13(12)17-14-15-8-10(2)16-14/h3-5,10,13H,6-8H2,1-2H3,(H2,15,16,17). The topological polar surface area (TPSA) is 36.4 Å². The highest BCUT2D eigenvalue weighted by atomic mass is 15.2. The summed E-state index contributed by atoms with van der Waals surface area (Å²) in [6.07, 6.45) is 2.36. The SMILES string of the molecule is Cc1cccc2c1CCC2NC1=NCC(C)N1. The molecule has 0 radical (unpaired) electrons. The second-order valence-corrected chi connectivity index (χ2v) is 5.11. The molecule has 2 aliphatic rings. The van der Waals surface area contributed by atoms with E-state index in [2.05, 4.69) is 47.7 Å². The molecule has 1 aromatic carbocycles. The summed E-state index contributed by atoms with van der Waals surface area (Å²) in [5.41, 5.74) is 4.40. The van der Waals surface area contributed by atoms with Gasteiger partial charge in [-0.3, -0.25) is 4.99 Å². The largest absolute Gasteiger partial charge is 0.352 e. The fraction of sp³-hybridized carbons (Fsp3) is 0.500. The maximum absolute atomic E-state index is 4.47. The van der Waals surface area contributed by atoms with Crippen molar-refractivity contribution in [3.63, 3.8) is 0 Å².